The second-order valence-corrected chi connectivity index (χ2v) is 9.86. The molecule has 3 aliphatic heterocycles. The van der Waals surface area contributed by atoms with Gasteiger partial charge in [-0.05, 0) is 32.3 Å². The minimum absolute atomic E-state index is 0.0137. The van der Waals surface area contributed by atoms with Crippen LogP contribution in [0, 0.1) is 0 Å². The van der Waals surface area contributed by atoms with Gasteiger partial charge in [0.2, 0.25) is 12.2 Å². The van der Waals surface area contributed by atoms with Crippen LogP contribution in [-0.4, -0.2) is 115 Å². The summed E-state index contributed by atoms with van der Waals surface area (Å²) in [7, 11) is 0. The quantitative estimate of drug-likeness (QED) is 0.133. The Morgan fingerprint density at radius 2 is 1.95 bits per heavy atom. The van der Waals surface area contributed by atoms with Crippen molar-refractivity contribution in [2.24, 2.45) is 5.73 Å². The molecule has 0 spiro atoms. The summed E-state index contributed by atoms with van der Waals surface area (Å²) in [6.07, 6.45) is -9.95. The van der Waals surface area contributed by atoms with Crippen molar-refractivity contribution in [3.05, 3.63) is 44.9 Å². The second kappa shape index (κ2) is 13.1. The molecule has 1 aromatic heterocycles. The summed E-state index contributed by atoms with van der Waals surface area (Å²) in [4.78, 5) is 63.6. The number of rotatable bonds is 9. The molecule has 3 amide bonds. The van der Waals surface area contributed by atoms with Crippen LogP contribution >= 0.6 is 0 Å². The van der Waals surface area contributed by atoms with Crippen LogP contribution in [0.25, 0.3) is 0 Å². The Kier molecular flexibility index (Phi) is 9.77. The molecule has 2 saturated heterocycles. The zero-order valence-electron chi connectivity index (χ0n) is 22.4. The van der Waals surface area contributed by atoms with Gasteiger partial charge < -0.3 is 45.3 Å². The van der Waals surface area contributed by atoms with E-state index in [9.17, 15) is 44.5 Å². The smallest absolute Gasteiger partial charge is 0.330 e. The number of nitrogens with zero attached hydrogens (tertiary/aromatic N) is 2. The van der Waals surface area contributed by atoms with E-state index in [1.807, 2.05) is 4.98 Å². The van der Waals surface area contributed by atoms with Crippen molar-refractivity contribution >= 4 is 17.7 Å². The number of carbonyl (C=O) groups is 3. The van der Waals surface area contributed by atoms with Crippen LogP contribution < -0.4 is 22.3 Å². The van der Waals surface area contributed by atoms with E-state index in [0.29, 0.717) is 17.9 Å². The van der Waals surface area contributed by atoms with Gasteiger partial charge in [0.1, 0.15) is 36.6 Å². The number of ether oxygens (including phenoxy) is 4. The SMILES string of the molecule is CCOC1C(O)[C@H](n2ccc(=O)[nH]c2=O)O[C@@H]1C(O[C@H]1OC(C(=O)NC2CCCCN(O)C2=O)=CC(O)C1O)C(N)=O. The second-order valence-electron chi connectivity index (χ2n) is 9.86. The normalized spacial score (nSPS) is 32.5. The topological polar surface area (TPSA) is 265 Å². The fourth-order valence-electron chi connectivity index (χ4n) is 4.89. The molecule has 18 nitrogen and oxygen atoms in total. The third-order valence-electron chi connectivity index (χ3n) is 6.98. The number of H-pyrrole nitrogens is 1. The molecule has 8 N–H and O–H groups in total. The van der Waals surface area contributed by atoms with Crippen LogP contribution in [0.1, 0.15) is 32.4 Å². The molecule has 2 fully saturated rings. The van der Waals surface area contributed by atoms with Gasteiger partial charge in [-0.2, -0.15) is 0 Å². The summed E-state index contributed by atoms with van der Waals surface area (Å²) in [5, 5.41) is 44.5. The number of hydroxylamine groups is 2. The Balaban J connectivity index is 1.54. The first kappa shape index (κ1) is 31.3. The third-order valence-corrected chi connectivity index (χ3v) is 6.98. The summed E-state index contributed by atoms with van der Waals surface area (Å²) in [5.41, 5.74) is 3.93. The maximum atomic E-state index is 12.9. The highest BCUT2D eigenvalue weighted by atomic mass is 16.7. The standard InChI is InChI=1S/C24H33N5O13/c1-2-39-16-15(33)22(28-8-6-13(31)27-24(28)37)41-17(16)18(19(25)34)42-23-14(32)11(30)9-12(40-23)20(35)26-10-5-3-4-7-29(38)21(10)36/h6,8-11,14-18,22-23,30,32-33,38H,2-5,7H2,1H3,(H2,25,34)(H,26,35)(H,27,31,37)/t10?,11?,14?,15?,16?,17-,18?,22+,23+/m0/s1. The molecule has 4 rings (SSSR count). The lowest BCUT2D eigenvalue weighted by atomic mass is 10.0. The van der Waals surface area contributed by atoms with Crippen LogP contribution in [0.3, 0.4) is 0 Å². The molecule has 0 aromatic carbocycles. The molecule has 232 valence electrons. The van der Waals surface area contributed by atoms with Crippen molar-refractivity contribution in [1.82, 2.24) is 19.9 Å². The van der Waals surface area contributed by atoms with Gasteiger partial charge in [0.15, 0.2) is 18.1 Å². The number of hydrogen-bond acceptors (Lipinski definition) is 13. The number of aliphatic hydroxyl groups is 3. The van der Waals surface area contributed by atoms with Crippen molar-refractivity contribution in [3.63, 3.8) is 0 Å². The highest BCUT2D eigenvalue weighted by Crippen LogP contribution is 2.34. The van der Waals surface area contributed by atoms with Crippen molar-refractivity contribution in [2.75, 3.05) is 13.2 Å². The van der Waals surface area contributed by atoms with Gasteiger partial charge in [-0.3, -0.25) is 33.9 Å². The summed E-state index contributed by atoms with van der Waals surface area (Å²) >= 11 is 0. The number of aliphatic hydroxyl groups excluding tert-OH is 3. The van der Waals surface area contributed by atoms with Crippen molar-refractivity contribution in [2.45, 2.75) is 81.4 Å². The zero-order valence-corrected chi connectivity index (χ0v) is 22.4. The predicted molar refractivity (Wildman–Crippen MR) is 135 cm³/mol. The summed E-state index contributed by atoms with van der Waals surface area (Å²) in [5.74, 6) is -3.45. The van der Waals surface area contributed by atoms with E-state index in [1.54, 1.807) is 6.92 Å². The predicted octanol–water partition coefficient (Wildman–Crippen LogP) is -4.08. The fraction of sp³-hybridized carbons (Fsp3) is 0.625. The molecular formula is C24H33N5O13. The number of aromatic nitrogens is 2. The minimum Gasteiger partial charge on any atom is -0.456 e. The Hall–Kier alpha value is -3.65. The van der Waals surface area contributed by atoms with E-state index in [1.165, 1.54) is 0 Å². The molecule has 9 atom stereocenters. The number of carbonyl (C=O) groups excluding carboxylic acids is 3. The molecule has 0 aliphatic carbocycles. The first-order chi connectivity index (χ1) is 19.9. The number of hydrogen-bond donors (Lipinski definition) is 7. The molecule has 1 aromatic rings. The van der Waals surface area contributed by atoms with Gasteiger partial charge in [-0.1, -0.05) is 0 Å². The molecule has 6 unspecified atom stereocenters. The highest BCUT2D eigenvalue weighted by molar-refractivity contribution is 5.95. The number of nitrogens with two attached hydrogens (primary N) is 1. The zero-order chi connectivity index (χ0) is 30.7. The summed E-state index contributed by atoms with van der Waals surface area (Å²) < 4.78 is 23.2. The van der Waals surface area contributed by atoms with Crippen LogP contribution in [0.4, 0.5) is 0 Å². The molecule has 0 saturated carbocycles. The van der Waals surface area contributed by atoms with Crippen molar-refractivity contribution in [1.29, 1.82) is 0 Å². The molecular weight excluding hydrogens is 566 g/mol. The lowest BCUT2D eigenvalue weighted by Gasteiger charge is -2.35. The average Bonchev–Trinajstić information content (AvgIpc) is 3.16. The number of amides is 3. The number of nitrogens with one attached hydrogen (secondary N) is 2. The lowest BCUT2D eigenvalue weighted by molar-refractivity contribution is -0.241. The largest absolute Gasteiger partial charge is 0.456 e. The van der Waals surface area contributed by atoms with E-state index in [0.717, 1.165) is 22.9 Å². The van der Waals surface area contributed by atoms with E-state index in [-0.39, 0.29) is 19.6 Å². The summed E-state index contributed by atoms with van der Waals surface area (Å²) in [6, 6.07) is -0.0830. The van der Waals surface area contributed by atoms with Gasteiger partial charge in [0.25, 0.3) is 17.4 Å². The Labute approximate surface area is 237 Å². The number of primary amides is 1. The average molecular weight is 600 g/mol. The van der Waals surface area contributed by atoms with Crippen LogP contribution in [-0.2, 0) is 33.3 Å². The van der Waals surface area contributed by atoms with E-state index in [2.05, 4.69) is 5.32 Å². The Bertz CT molecular complexity index is 1310. The highest BCUT2D eigenvalue weighted by Gasteiger charge is 2.52. The molecule has 4 heterocycles. The minimum atomic E-state index is -1.89. The fourth-order valence-corrected chi connectivity index (χ4v) is 4.89. The van der Waals surface area contributed by atoms with Gasteiger partial charge >= 0.3 is 5.69 Å². The Morgan fingerprint density at radius 1 is 1.21 bits per heavy atom. The van der Waals surface area contributed by atoms with Crippen LogP contribution in [0.5, 0.6) is 0 Å². The van der Waals surface area contributed by atoms with E-state index in [4.69, 9.17) is 24.7 Å². The van der Waals surface area contributed by atoms with Crippen LogP contribution in [0.15, 0.2) is 33.7 Å². The van der Waals surface area contributed by atoms with Gasteiger partial charge in [-0.25, -0.2) is 9.86 Å². The summed E-state index contributed by atoms with van der Waals surface area (Å²) in [6.45, 7) is 1.69. The third kappa shape index (κ3) is 6.54. The Morgan fingerprint density at radius 3 is 2.62 bits per heavy atom. The van der Waals surface area contributed by atoms with E-state index < -0.39 is 89.9 Å². The van der Waals surface area contributed by atoms with Crippen molar-refractivity contribution in [3.8, 4) is 0 Å². The monoisotopic (exact) mass is 599 g/mol. The van der Waals surface area contributed by atoms with Gasteiger partial charge in [0, 0.05) is 25.4 Å². The van der Waals surface area contributed by atoms with Gasteiger partial charge in [-0.15, -0.1) is 0 Å². The number of aromatic amines is 1. The van der Waals surface area contributed by atoms with Crippen LogP contribution in [0.2, 0.25) is 0 Å². The van der Waals surface area contributed by atoms with Crippen molar-refractivity contribution < 1.29 is 53.9 Å². The molecule has 0 bridgehead atoms. The molecule has 0 radical (unpaired) electrons. The molecule has 18 heteroatoms. The maximum Gasteiger partial charge on any atom is 0.330 e. The lowest BCUT2D eigenvalue weighted by Crippen LogP contribution is -2.54. The first-order valence-electron chi connectivity index (χ1n) is 13.2. The van der Waals surface area contributed by atoms with E-state index >= 15 is 0 Å². The first-order valence-corrected chi connectivity index (χ1v) is 13.2. The molecule has 42 heavy (non-hydrogen) atoms. The van der Waals surface area contributed by atoms with Gasteiger partial charge in [0.05, 0.1) is 0 Å². The maximum absolute atomic E-state index is 12.9. The molecule has 3 aliphatic rings.